The van der Waals surface area contributed by atoms with Gasteiger partial charge in [0.05, 0.1) is 5.25 Å². The average Bonchev–Trinajstić information content (AvgIpc) is 2.74. The number of Topliss-reactive ketones (excluding diaryl/α,β-unsaturated/α-hetero) is 1. The van der Waals surface area contributed by atoms with E-state index in [1.54, 1.807) is 13.8 Å². The molecule has 0 N–H and O–H groups in total. The van der Waals surface area contributed by atoms with E-state index < -0.39 is 23.1 Å². The van der Waals surface area contributed by atoms with Gasteiger partial charge in [0.15, 0.2) is 11.4 Å². The van der Waals surface area contributed by atoms with Crippen molar-refractivity contribution in [1.29, 1.82) is 0 Å². The van der Waals surface area contributed by atoms with E-state index in [4.69, 9.17) is 0 Å². The Balaban J connectivity index is 2.02. The Bertz CT molecular complexity index is 1300. The number of rotatable bonds is 8. The Kier molecular flexibility index (Phi) is 7.31. The molecule has 8 nitrogen and oxygen atoms in total. The number of fused-ring (bicyclic) bond motifs is 1. The maximum atomic E-state index is 13.0. The number of aromatic nitrogens is 4. The summed E-state index contributed by atoms with van der Waals surface area (Å²) in [7, 11) is 1.40. The molecule has 0 fully saturated rings. The molecule has 0 aliphatic heterocycles. The fraction of sp³-hybridized carbons (Fsp3) is 0.409. The number of hydrogen-bond donors (Lipinski definition) is 0. The van der Waals surface area contributed by atoms with E-state index >= 15 is 0 Å². The van der Waals surface area contributed by atoms with Crippen LogP contribution in [0.3, 0.4) is 0 Å². The first-order valence-electron chi connectivity index (χ1n) is 10.2. The zero-order valence-corrected chi connectivity index (χ0v) is 19.7. The number of hydrogen-bond acceptors (Lipinski definition) is 7. The minimum atomic E-state index is -2.95. The lowest BCUT2D eigenvalue weighted by Gasteiger charge is -2.16. The molecule has 2 heterocycles. The van der Waals surface area contributed by atoms with Gasteiger partial charge in [0.1, 0.15) is 22.0 Å². The second-order valence-electron chi connectivity index (χ2n) is 7.95. The molecule has 0 spiro atoms. The maximum absolute atomic E-state index is 13.0. The number of thioether (sulfide) groups is 1. The second-order valence-corrected chi connectivity index (χ2v) is 9.28. The van der Waals surface area contributed by atoms with Gasteiger partial charge in [-0.1, -0.05) is 25.6 Å². The minimum Gasteiger partial charge on any atom is -0.435 e. The normalized spacial score (nSPS) is 12.5. The molecule has 0 aliphatic carbocycles. The van der Waals surface area contributed by atoms with Gasteiger partial charge in [-0.15, -0.1) is 0 Å². The average molecular weight is 479 g/mol. The smallest absolute Gasteiger partial charge is 0.387 e. The number of nitrogens with zero attached hydrogens (tertiary/aromatic N) is 4. The predicted molar refractivity (Wildman–Crippen MR) is 121 cm³/mol. The number of ether oxygens (including phenoxy) is 1. The Labute approximate surface area is 192 Å². The molecule has 0 radical (unpaired) electrons. The van der Waals surface area contributed by atoms with Gasteiger partial charge in [-0.25, -0.2) is 14.8 Å². The summed E-state index contributed by atoms with van der Waals surface area (Å²) in [5.41, 5.74) is -0.465. The summed E-state index contributed by atoms with van der Waals surface area (Å²) in [5.74, 6) is 0.168. The second kappa shape index (κ2) is 9.82. The number of carbonyl (C=O) groups excluding carboxylic acids is 1. The number of ketones is 1. The van der Waals surface area contributed by atoms with E-state index in [0.29, 0.717) is 23.0 Å². The van der Waals surface area contributed by atoms with Crippen molar-refractivity contribution in [2.75, 3.05) is 0 Å². The van der Waals surface area contributed by atoms with Crippen molar-refractivity contribution in [1.82, 2.24) is 19.1 Å². The van der Waals surface area contributed by atoms with Gasteiger partial charge in [-0.2, -0.15) is 8.78 Å². The SMILES string of the molecule is Cc1nc(SC(C)C(=O)c2ccc(OC(F)F)cc2)c2c(=O)n(C)c(=O)n(CC(C)C)c2n1. The highest BCUT2D eigenvalue weighted by molar-refractivity contribution is 8.00. The Morgan fingerprint density at radius 3 is 2.33 bits per heavy atom. The topological polar surface area (TPSA) is 96.1 Å². The van der Waals surface area contributed by atoms with Crippen LogP contribution in [0.15, 0.2) is 38.9 Å². The molecular formula is C22H24F2N4O4S. The molecule has 0 aliphatic rings. The van der Waals surface area contributed by atoms with E-state index in [1.807, 2.05) is 13.8 Å². The quantitative estimate of drug-likeness (QED) is 0.278. The Morgan fingerprint density at radius 1 is 1.12 bits per heavy atom. The summed E-state index contributed by atoms with van der Waals surface area (Å²) in [5, 5.41) is -0.178. The first-order chi connectivity index (χ1) is 15.5. The Morgan fingerprint density at radius 2 is 1.76 bits per heavy atom. The van der Waals surface area contributed by atoms with Gasteiger partial charge in [0.2, 0.25) is 0 Å². The van der Waals surface area contributed by atoms with Crippen LogP contribution in [0.1, 0.15) is 37.0 Å². The number of alkyl halides is 2. The summed E-state index contributed by atoms with van der Waals surface area (Å²) < 4.78 is 31.5. The number of benzene rings is 1. The highest BCUT2D eigenvalue weighted by Crippen LogP contribution is 2.29. The van der Waals surface area contributed by atoms with Crippen LogP contribution in [-0.4, -0.2) is 36.7 Å². The molecule has 3 aromatic rings. The highest BCUT2D eigenvalue weighted by Gasteiger charge is 2.23. The van der Waals surface area contributed by atoms with Crippen LogP contribution in [0.5, 0.6) is 5.75 Å². The van der Waals surface area contributed by atoms with Crippen LogP contribution in [0.25, 0.3) is 11.0 Å². The van der Waals surface area contributed by atoms with Crippen molar-refractivity contribution in [3.05, 3.63) is 56.5 Å². The number of halogens is 2. The van der Waals surface area contributed by atoms with Gasteiger partial charge >= 0.3 is 12.3 Å². The predicted octanol–water partition coefficient (Wildman–Crippen LogP) is 3.42. The lowest BCUT2D eigenvalue weighted by atomic mass is 10.1. The van der Waals surface area contributed by atoms with Crippen molar-refractivity contribution in [3.8, 4) is 5.75 Å². The molecule has 0 saturated carbocycles. The van der Waals surface area contributed by atoms with Crippen molar-refractivity contribution < 1.29 is 18.3 Å². The standard InChI is InChI=1S/C22H24F2N4O4S/c1-11(2)10-28-18-16(20(30)27(5)22(28)31)19(26-13(4)25-18)33-12(3)17(29)14-6-8-15(9-7-14)32-21(23)24/h6-9,11-12,21H,10H2,1-5H3. The van der Waals surface area contributed by atoms with Crippen LogP contribution in [0, 0.1) is 12.8 Å². The van der Waals surface area contributed by atoms with E-state index in [0.717, 1.165) is 16.3 Å². The van der Waals surface area contributed by atoms with Crippen LogP contribution < -0.4 is 16.0 Å². The molecule has 33 heavy (non-hydrogen) atoms. The first-order valence-corrected chi connectivity index (χ1v) is 11.1. The highest BCUT2D eigenvalue weighted by atomic mass is 32.2. The van der Waals surface area contributed by atoms with E-state index in [-0.39, 0.29) is 28.5 Å². The van der Waals surface area contributed by atoms with Gasteiger partial charge in [0.25, 0.3) is 5.56 Å². The van der Waals surface area contributed by atoms with Crippen molar-refractivity contribution in [3.63, 3.8) is 0 Å². The summed E-state index contributed by atoms with van der Waals surface area (Å²) in [6.45, 7) is 4.63. The zero-order chi connectivity index (χ0) is 24.4. The molecule has 3 rings (SSSR count). The van der Waals surface area contributed by atoms with Crippen LogP contribution in [0.2, 0.25) is 0 Å². The fourth-order valence-electron chi connectivity index (χ4n) is 3.31. The first kappa shape index (κ1) is 24.6. The number of aryl methyl sites for hydroxylation is 1. The van der Waals surface area contributed by atoms with Crippen molar-refractivity contribution >= 4 is 28.6 Å². The monoisotopic (exact) mass is 478 g/mol. The molecule has 1 atom stereocenters. The molecule has 0 saturated heterocycles. The largest absolute Gasteiger partial charge is 0.435 e. The van der Waals surface area contributed by atoms with E-state index in [9.17, 15) is 23.2 Å². The third kappa shape index (κ3) is 5.29. The molecular weight excluding hydrogens is 454 g/mol. The van der Waals surface area contributed by atoms with E-state index in [1.165, 1.54) is 35.9 Å². The Hall–Kier alpha value is -3.08. The summed E-state index contributed by atoms with van der Waals surface area (Å²) in [4.78, 5) is 47.4. The van der Waals surface area contributed by atoms with Crippen LogP contribution in [0.4, 0.5) is 8.78 Å². The summed E-state index contributed by atoms with van der Waals surface area (Å²) in [6.07, 6.45) is 0. The lowest BCUT2D eigenvalue weighted by molar-refractivity contribution is -0.0498. The van der Waals surface area contributed by atoms with E-state index in [2.05, 4.69) is 14.7 Å². The van der Waals surface area contributed by atoms with Gasteiger partial charge in [-0.05, 0) is 44.0 Å². The molecule has 1 aromatic carbocycles. The molecule has 176 valence electrons. The van der Waals surface area contributed by atoms with Crippen LogP contribution in [-0.2, 0) is 13.6 Å². The van der Waals surface area contributed by atoms with Gasteiger partial charge in [-0.3, -0.25) is 18.7 Å². The van der Waals surface area contributed by atoms with Crippen molar-refractivity contribution in [2.45, 2.75) is 51.1 Å². The molecule has 11 heteroatoms. The molecule has 2 aromatic heterocycles. The molecule has 1 unspecified atom stereocenters. The van der Waals surface area contributed by atoms with Gasteiger partial charge in [0, 0.05) is 19.2 Å². The summed E-state index contributed by atoms with van der Waals surface area (Å²) >= 11 is 1.08. The van der Waals surface area contributed by atoms with Crippen molar-refractivity contribution in [2.24, 2.45) is 13.0 Å². The lowest BCUT2D eigenvalue weighted by Crippen LogP contribution is -2.39. The molecule has 0 amide bonds. The minimum absolute atomic E-state index is 0.0501. The maximum Gasteiger partial charge on any atom is 0.387 e. The van der Waals surface area contributed by atoms with Crippen LogP contribution >= 0.6 is 11.8 Å². The third-order valence-electron chi connectivity index (χ3n) is 4.83. The zero-order valence-electron chi connectivity index (χ0n) is 18.8. The number of carbonyl (C=O) groups is 1. The fourth-order valence-corrected chi connectivity index (χ4v) is 4.37. The molecule has 0 bridgehead atoms. The summed E-state index contributed by atoms with van der Waals surface area (Å²) in [6, 6.07) is 5.39. The third-order valence-corrected chi connectivity index (χ3v) is 5.92. The van der Waals surface area contributed by atoms with Gasteiger partial charge < -0.3 is 4.74 Å².